The molecule has 12 heavy (non-hydrogen) atoms. The van der Waals surface area contributed by atoms with Crippen LogP contribution in [-0.4, -0.2) is 42.7 Å². The van der Waals surface area contributed by atoms with Gasteiger partial charge in [0.05, 0.1) is 21.1 Å². The van der Waals surface area contributed by atoms with Crippen molar-refractivity contribution in [2.75, 3.05) is 21.1 Å². The number of hydrogen-bond acceptors (Lipinski definition) is 1. The van der Waals surface area contributed by atoms with Gasteiger partial charge < -0.3 is 9.59 Å². The average Bonchev–Trinajstić information content (AvgIpc) is 1.85. The van der Waals surface area contributed by atoms with Crippen LogP contribution in [0.1, 0.15) is 13.8 Å². The second-order valence-electron chi connectivity index (χ2n) is 4.01. The van der Waals surface area contributed by atoms with Crippen LogP contribution in [-0.2, 0) is 4.79 Å². The maximum atomic E-state index is 10.5. The van der Waals surface area contributed by atoms with E-state index in [9.17, 15) is 4.79 Å². The van der Waals surface area contributed by atoms with Gasteiger partial charge in [0.25, 0.3) is 0 Å². The van der Waals surface area contributed by atoms with Crippen molar-refractivity contribution in [2.45, 2.75) is 19.9 Å². The summed E-state index contributed by atoms with van der Waals surface area (Å²) in [6, 6.07) is 0.223. The molecule has 0 amide bonds. The molecular formula is C9H18NO2+. The lowest BCUT2D eigenvalue weighted by Crippen LogP contribution is -2.42. The molecule has 1 N–H and O–H groups in total. The van der Waals surface area contributed by atoms with Gasteiger partial charge in [-0.05, 0) is 19.9 Å². The Morgan fingerprint density at radius 2 is 1.83 bits per heavy atom. The van der Waals surface area contributed by atoms with Gasteiger partial charge in [0, 0.05) is 5.57 Å². The molecule has 0 aliphatic carbocycles. The minimum absolute atomic E-state index is 0.223. The first-order chi connectivity index (χ1) is 5.25. The summed E-state index contributed by atoms with van der Waals surface area (Å²) in [5.74, 6) is -0.838. The third-order valence-electron chi connectivity index (χ3n) is 2.05. The minimum atomic E-state index is -0.838. The van der Waals surface area contributed by atoms with Crippen molar-refractivity contribution in [2.24, 2.45) is 0 Å². The molecule has 0 fully saturated rings. The smallest absolute Gasteiger partial charge is 0.331 e. The van der Waals surface area contributed by atoms with Gasteiger partial charge >= 0.3 is 5.97 Å². The summed E-state index contributed by atoms with van der Waals surface area (Å²) in [5.41, 5.74) is 0.413. The molecule has 0 bridgehead atoms. The molecule has 0 aromatic heterocycles. The van der Waals surface area contributed by atoms with Crippen LogP contribution in [0.5, 0.6) is 0 Å². The minimum Gasteiger partial charge on any atom is -0.478 e. The standard InChI is InChI=1S/C9H17NO2/c1-7(9(11)12)6-8(2)10(3,4)5/h6,8H,1-5H3/p+1. The van der Waals surface area contributed by atoms with Gasteiger partial charge in [-0.15, -0.1) is 0 Å². The van der Waals surface area contributed by atoms with Crippen molar-refractivity contribution >= 4 is 5.97 Å². The lowest BCUT2D eigenvalue weighted by molar-refractivity contribution is -0.887. The first-order valence-electron chi connectivity index (χ1n) is 3.98. The van der Waals surface area contributed by atoms with Gasteiger partial charge in [0.2, 0.25) is 0 Å². The monoisotopic (exact) mass is 172 g/mol. The van der Waals surface area contributed by atoms with Crippen LogP contribution in [0, 0.1) is 0 Å². The molecule has 0 aliphatic rings. The van der Waals surface area contributed by atoms with E-state index in [1.54, 1.807) is 13.0 Å². The van der Waals surface area contributed by atoms with Crippen molar-refractivity contribution in [1.29, 1.82) is 0 Å². The molecule has 0 aliphatic heterocycles. The van der Waals surface area contributed by atoms with Crippen molar-refractivity contribution in [3.05, 3.63) is 11.6 Å². The van der Waals surface area contributed by atoms with Crippen LogP contribution < -0.4 is 0 Å². The second kappa shape index (κ2) is 3.72. The summed E-state index contributed by atoms with van der Waals surface area (Å²) in [6.45, 7) is 3.63. The molecule has 0 heterocycles. The number of carboxylic acid groups (broad SMARTS) is 1. The Morgan fingerprint density at radius 3 is 2.08 bits per heavy atom. The van der Waals surface area contributed by atoms with Crippen LogP contribution in [0.2, 0.25) is 0 Å². The second-order valence-corrected chi connectivity index (χ2v) is 4.01. The molecule has 70 valence electrons. The molecule has 0 radical (unpaired) electrons. The van der Waals surface area contributed by atoms with E-state index in [0.29, 0.717) is 5.57 Å². The summed E-state index contributed by atoms with van der Waals surface area (Å²) >= 11 is 0. The van der Waals surface area contributed by atoms with Gasteiger partial charge in [-0.25, -0.2) is 4.79 Å². The molecule has 0 spiro atoms. The van der Waals surface area contributed by atoms with Gasteiger partial charge in [0.1, 0.15) is 6.04 Å². The highest BCUT2D eigenvalue weighted by atomic mass is 16.4. The van der Waals surface area contributed by atoms with E-state index in [1.807, 2.05) is 28.1 Å². The topological polar surface area (TPSA) is 37.3 Å². The van der Waals surface area contributed by atoms with Gasteiger partial charge in [-0.2, -0.15) is 0 Å². The molecular weight excluding hydrogens is 154 g/mol. The summed E-state index contributed by atoms with van der Waals surface area (Å²) in [6.07, 6.45) is 1.78. The van der Waals surface area contributed by atoms with E-state index in [0.717, 1.165) is 4.48 Å². The van der Waals surface area contributed by atoms with Crippen LogP contribution in [0.4, 0.5) is 0 Å². The number of nitrogens with zero attached hydrogens (tertiary/aromatic N) is 1. The molecule has 0 aromatic carbocycles. The molecule has 1 unspecified atom stereocenters. The first-order valence-corrected chi connectivity index (χ1v) is 3.98. The zero-order chi connectivity index (χ0) is 9.94. The van der Waals surface area contributed by atoms with Gasteiger partial charge in [-0.1, -0.05) is 0 Å². The fourth-order valence-corrected chi connectivity index (χ4v) is 0.657. The maximum absolute atomic E-state index is 10.5. The number of likely N-dealkylation sites (N-methyl/N-ethyl adjacent to an activating group) is 1. The first kappa shape index (κ1) is 11.2. The van der Waals surface area contributed by atoms with Crippen LogP contribution >= 0.6 is 0 Å². The zero-order valence-electron chi connectivity index (χ0n) is 8.46. The fraction of sp³-hybridized carbons (Fsp3) is 0.667. The molecule has 3 nitrogen and oxygen atoms in total. The average molecular weight is 172 g/mol. The molecule has 0 saturated carbocycles. The number of aliphatic carboxylic acids is 1. The summed E-state index contributed by atoms with van der Waals surface area (Å²) in [4.78, 5) is 10.5. The molecule has 0 aromatic rings. The van der Waals surface area contributed by atoms with E-state index >= 15 is 0 Å². The summed E-state index contributed by atoms with van der Waals surface area (Å²) < 4.78 is 0.741. The normalized spacial score (nSPS) is 15.9. The number of hydrogen-bond donors (Lipinski definition) is 1. The third kappa shape index (κ3) is 3.53. The van der Waals surface area contributed by atoms with Crippen molar-refractivity contribution in [3.8, 4) is 0 Å². The Morgan fingerprint density at radius 1 is 1.42 bits per heavy atom. The predicted molar refractivity (Wildman–Crippen MR) is 48.9 cm³/mol. The Labute approximate surface area is 73.9 Å². The lowest BCUT2D eigenvalue weighted by Gasteiger charge is -2.29. The highest BCUT2D eigenvalue weighted by Crippen LogP contribution is 2.06. The number of carboxylic acids is 1. The van der Waals surface area contributed by atoms with E-state index in [1.165, 1.54) is 0 Å². The Bertz CT molecular complexity index is 201. The number of carbonyl (C=O) groups is 1. The highest BCUT2D eigenvalue weighted by molar-refractivity contribution is 5.85. The number of rotatable bonds is 3. The van der Waals surface area contributed by atoms with E-state index < -0.39 is 5.97 Å². The lowest BCUT2D eigenvalue weighted by atomic mass is 10.2. The van der Waals surface area contributed by atoms with E-state index in [-0.39, 0.29) is 6.04 Å². The van der Waals surface area contributed by atoms with Crippen LogP contribution in [0.15, 0.2) is 11.6 Å². The molecule has 1 atom stereocenters. The third-order valence-corrected chi connectivity index (χ3v) is 2.05. The van der Waals surface area contributed by atoms with Crippen molar-refractivity contribution in [3.63, 3.8) is 0 Å². The molecule has 0 rings (SSSR count). The van der Waals surface area contributed by atoms with Gasteiger partial charge in [0.15, 0.2) is 0 Å². The predicted octanol–water partition coefficient (Wildman–Crippen LogP) is 1.11. The summed E-state index contributed by atoms with van der Waals surface area (Å²) in [7, 11) is 6.11. The van der Waals surface area contributed by atoms with E-state index in [4.69, 9.17) is 5.11 Å². The van der Waals surface area contributed by atoms with Gasteiger partial charge in [-0.3, -0.25) is 0 Å². The largest absolute Gasteiger partial charge is 0.478 e. The van der Waals surface area contributed by atoms with Crippen molar-refractivity contribution in [1.82, 2.24) is 0 Å². The fourth-order valence-electron chi connectivity index (χ4n) is 0.657. The highest BCUT2D eigenvalue weighted by Gasteiger charge is 2.16. The van der Waals surface area contributed by atoms with Crippen LogP contribution in [0.3, 0.4) is 0 Å². The SMILES string of the molecule is CC(=CC(C)[N+](C)(C)C)C(=O)O. The maximum Gasteiger partial charge on any atom is 0.331 e. The zero-order valence-corrected chi connectivity index (χ0v) is 8.46. The quantitative estimate of drug-likeness (QED) is 0.511. The molecule has 3 heteroatoms. The van der Waals surface area contributed by atoms with Crippen LogP contribution in [0.25, 0.3) is 0 Å². The van der Waals surface area contributed by atoms with Crippen molar-refractivity contribution < 1.29 is 14.4 Å². The molecule has 0 saturated heterocycles. The Kier molecular flexibility index (Phi) is 3.46. The van der Waals surface area contributed by atoms with E-state index in [2.05, 4.69) is 0 Å². The summed E-state index contributed by atoms with van der Waals surface area (Å²) in [5, 5.41) is 8.62. The Hall–Kier alpha value is -0.830. The number of quaternary nitrogens is 1. The Balaban J connectivity index is 4.44.